The van der Waals surface area contributed by atoms with Gasteiger partial charge in [0.1, 0.15) is 18.9 Å². The van der Waals surface area contributed by atoms with Crippen LogP contribution in [0.4, 0.5) is 34.1 Å². The average molecular weight is 576 g/mol. The predicted molar refractivity (Wildman–Crippen MR) is 129 cm³/mol. The number of halogens is 3. The summed E-state index contributed by atoms with van der Waals surface area (Å²) in [6.07, 6.45) is -0.891. The molecular formula is C22H24F3N4O9P. The number of hydrogen-bond donors (Lipinski definition) is 1. The molecule has 1 fully saturated rings. The molecule has 1 amide bonds. The summed E-state index contributed by atoms with van der Waals surface area (Å²) in [6, 6.07) is 0.585. The van der Waals surface area contributed by atoms with Crippen LogP contribution in [0.1, 0.15) is 13.3 Å². The van der Waals surface area contributed by atoms with Crippen LogP contribution in [0.15, 0.2) is 36.2 Å². The summed E-state index contributed by atoms with van der Waals surface area (Å²) in [7, 11) is -3.96. The Kier molecular flexibility index (Phi) is 9.24. The minimum absolute atomic E-state index is 0.0386. The molecule has 1 aromatic rings. The average Bonchev–Trinajstić information content (AvgIpc) is 3.24. The van der Waals surface area contributed by atoms with Crippen molar-refractivity contribution < 1.29 is 55.8 Å². The van der Waals surface area contributed by atoms with E-state index in [-0.39, 0.29) is 25.4 Å². The topological polar surface area (TPSA) is 148 Å². The number of anilines is 2. The maximum atomic E-state index is 15.1. The zero-order valence-electron chi connectivity index (χ0n) is 20.7. The van der Waals surface area contributed by atoms with Crippen LogP contribution in [-0.2, 0) is 28.2 Å². The second-order valence-electron chi connectivity index (χ2n) is 7.88. The van der Waals surface area contributed by atoms with Crippen LogP contribution in [0.25, 0.3) is 0 Å². The van der Waals surface area contributed by atoms with E-state index in [0.29, 0.717) is 15.6 Å². The van der Waals surface area contributed by atoms with Gasteiger partial charge in [0.05, 0.1) is 25.4 Å². The first-order valence-corrected chi connectivity index (χ1v) is 12.8. The van der Waals surface area contributed by atoms with Crippen molar-refractivity contribution in [3.63, 3.8) is 0 Å². The molecule has 2 heterocycles. The third-order valence-electron chi connectivity index (χ3n) is 5.38. The highest BCUT2D eigenvalue weighted by Gasteiger charge is 2.43. The van der Waals surface area contributed by atoms with Gasteiger partial charge in [0.15, 0.2) is 29.1 Å². The van der Waals surface area contributed by atoms with Crippen LogP contribution >= 0.6 is 7.75 Å². The van der Waals surface area contributed by atoms with E-state index in [1.807, 2.05) is 0 Å². The molecule has 39 heavy (non-hydrogen) atoms. The molecule has 1 aromatic carbocycles. The highest BCUT2D eigenvalue weighted by Crippen LogP contribution is 2.48. The highest BCUT2D eigenvalue weighted by atomic mass is 31.2. The molecule has 2 unspecified atom stereocenters. The van der Waals surface area contributed by atoms with Crippen LogP contribution in [0, 0.1) is 17.5 Å². The molecule has 13 nitrogen and oxygen atoms in total. The Labute approximate surface area is 220 Å². The van der Waals surface area contributed by atoms with Crippen LogP contribution in [0.5, 0.6) is 0 Å². The molecule has 0 radical (unpaired) electrons. The molecular weight excluding hydrogens is 552 g/mol. The van der Waals surface area contributed by atoms with Crippen LogP contribution in [-0.4, -0.2) is 72.9 Å². The van der Waals surface area contributed by atoms with Crippen molar-refractivity contribution in [2.45, 2.75) is 19.4 Å². The first-order valence-electron chi connectivity index (χ1n) is 11.3. The fraction of sp³-hybridized carbons (Fsp3) is 0.364. The molecule has 3 rings (SSSR count). The number of nitrogens with zero attached hydrogens (tertiary/aromatic N) is 4. The minimum Gasteiger partial charge on any atom is -0.442 e. The SMILES string of the molecule is C=C/C(=N\OC)N(CC1CN(c2cc(F)c(N3C=CC(=O)CC3)c(F)c2F)C(=O)O1)P(=O)(O)OC(=O)OCC. The molecule has 17 heteroatoms. The molecule has 0 spiro atoms. The number of ketones is 1. The standard InChI is InChI=1S/C22H24F3N4O9P/c1-4-17(26-35-3)29(39(33,34)38-22(32)36-5-2)12-14-11-28(21(31)37-14)16-10-15(23)20(19(25)18(16)24)27-8-6-13(30)7-9-27/h4,6,8,10,14H,1,5,7,9,11-12H2,2-3H3,(H,33,34)/b26-17+. The number of ether oxygens (including phenoxy) is 2. The molecule has 2 aliphatic rings. The van der Waals surface area contributed by atoms with Crippen molar-refractivity contribution in [2.75, 3.05) is 43.2 Å². The highest BCUT2D eigenvalue weighted by molar-refractivity contribution is 7.51. The zero-order chi connectivity index (χ0) is 28.9. The Hall–Kier alpha value is -4.04. The van der Waals surface area contributed by atoms with Crippen molar-refractivity contribution in [1.29, 1.82) is 0 Å². The number of carbonyl (C=O) groups excluding carboxylic acids is 3. The summed E-state index contributed by atoms with van der Waals surface area (Å²) < 4.78 is 72.4. The second kappa shape index (κ2) is 12.2. The largest absolute Gasteiger partial charge is 0.516 e. The molecule has 0 saturated carbocycles. The summed E-state index contributed by atoms with van der Waals surface area (Å²) in [5.41, 5.74) is -1.55. The lowest BCUT2D eigenvalue weighted by atomic mass is 10.1. The molecule has 2 aliphatic heterocycles. The minimum atomic E-state index is -5.07. The van der Waals surface area contributed by atoms with E-state index < -0.39 is 73.9 Å². The Bertz CT molecular complexity index is 1280. The quantitative estimate of drug-likeness (QED) is 0.115. The van der Waals surface area contributed by atoms with Gasteiger partial charge >= 0.3 is 20.0 Å². The number of rotatable bonds is 9. The molecule has 2 atom stereocenters. The van der Waals surface area contributed by atoms with Crippen LogP contribution < -0.4 is 9.80 Å². The van der Waals surface area contributed by atoms with E-state index in [1.165, 1.54) is 6.92 Å². The Balaban J connectivity index is 1.88. The van der Waals surface area contributed by atoms with Crippen molar-refractivity contribution in [1.82, 2.24) is 4.67 Å². The van der Waals surface area contributed by atoms with Gasteiger partial charge in [0.2, 0.25) is 0 Å². The Morgan fingerprint density at radius 3 is 2.67 bits per heavy atom. The first-order chi connectivity index (χ1) is 18.4. The van der Waals surface area contributed by atoms with E-state index in [2.05, 4.69) is 25.8 Å². The van der Waals surface area contributed by atoms with E-state index in [0.717, 1.165) is 30.4 Å². The van der Waals surface area contributed by atoms with E-state index in [4.69, 9.17) is 4.74 Å². The van der Waals surface area contributed by atoms with E-state index in [9.17, 15) is 32.6 Å². The molecule has 212 valence electrons. The summed E-state index contributed by atoms with van der Waals surface area (Å²) >= 11 is 0. The summed E-state index contributed by atoms with van der Waals surface area (Å²) in [5, 5.41) is 3.51. The van der Waals surface area contributed by atoms with Gasteiger partial charge in [-0.3, -0.25) is 14.6 Å². The lowest BCUT2D eigenvalue weighted by Gasteiger charge is -2.28. The zero-order valence-corrected chi connectivity index (χ0v) is 21.6. The smallest absolute Gasteiger partial charge is 0.442 e. The maximum Gasteiger partial charge on any atom is 0.516 e. The fourth-order valence-corrected chi connectivity index (χ4v) is 4.80. The number of oxime groups is 1. The van der Waals surface area contributed by atoms with Crippen molar-refractivity contribution >= 4 is 43.0 Å². The van der Waals surface area contributed by atoms with Crippen molar-refractivity contribution in [3.05, 3.63) is 48.4 Å². The van der Waals surface area contributed by atoms with Crippen LogP contribution in [0.2, 0.25) is 0 Å². The van der Waals surface area contributed by atoms with Crippen molar-refractivity contribution in [3.8, 4) is 0 Å². The number of hydrogen-bond acceptors (Lipinski definition) is 10. The Morgan fingerprint density at radius 1 is 1.36 bits per heavy atom. The number of allylic oxidation sites excluding steroid dienone is 1. The molecule has 0 aromatic heterocycles. The summed E-state index contributed by atoms with van der Waals surface area (Å²) in [5.74, 6) is -5.07. The predicted octanol–water partition coefficient (Wildman–Crippen LogP) is 3.44. The third-order valence-corrected chi connectivity index (χ3v) is 6.74. The molecule has 0 aliphatic carbocycles. The number of amides is 1. The molecule has 1 saturated heterocycles. The van der Waals surface area contributed by atoms with Gasteiger partial charge < -0.3 is 23.7 Å². The number of cyclic esters (lactones) is 1. The Morgan fingerprint density at radius 2 is 2.08 bits per heavy atom. The first kappa shape index (κ1) is 29.5. The van der Waals surface area contributed by atoms with Gasteiger partial charge in [-0.15, -0.1) is 0 Å². The van der Waals surface area contributed by atoms with Crippen molar-refractivity contribution in [2.24, 2.45) is 5.16 Å². The summed E-state index contributed by atoms with van der Waals surface area (Å²) in [6.45, 7) is 3.38. The normalized spacial score (nSPS) is 18.9. The third kappa shape index (κ3) is 6.52. The number of amidine groups is 1. The lowest BCUT2D eigenvalue weighted by Crippen LogP contribution is -2.37. The van der Waals surface area contributed by atoms with E-state index >= 15 is 4.39 Å². The van der Waals surface area contributed by atoms with Gasteiger partial charge in [-0.2, -0.15) is 0 Å². The second-order valence-corrected chi connectivity index (χ2v) is 9.53. The van der Waals surface area contributed by atoms with Gasteiger partial charge in [-0.05, 0) is 19.1 Å². The summed E-state index contributed by atoms with van der Waals surface area (Å²) in [4.78, 5) is 52.2. The van der Waals surface area contributed by atoms with Gasteiger partial charge in [0.25, 0.3) is 0 Å². The fourth-order valence-electron chi connectivity index (χ4n) is 3.69. The van der Waals surface area contributed by atoms with Gasteiger partial charge in [-0.1, -0.05) is 11.7 Å². The number of carbonyl (C=O) groups is 3. The van der Waals surface area contributed by atoms with Crippen LogP contribution in [0.3, 0.4) is 0 Å². The van der Waals surface area contributed by atoms with Gasteiger partial charge in [-0.25, -0.2) is 32.0 Å². The maximum absolute atomic E-state index is 15.1. The molecule has 0 bridgehead atoms. The monoisotopic (exact) mass is 576 g/mol. The van der Waals surface area contributed by atoms with Gasteiger partial charge in [0, 0.05) is 25.2 Å². The molecule has 1 N–H and O–H groups in total. The number of benzene rings is 1. The lowest BCUT2D eigenvalue weighted by molar-refractivity contribution is -0.114. The van der Waals surface area contributed by atoms with E-state index in [1.54, 1.807) is 0 Å².